The summed E-state index contributed by atoms with van der Waals surface area (Å²) >= 11 is 0. The molecule has 2 bridgehead atoms. The molecule has 37 heavy (non-hydrogen) atoms. The number of anilines is 2. The second-order valence-corrected chi connectivity index (χ2v) is 10.1. The van der Waals surface area contributed by atoms with Crippen LogP contribution in [0.15, 0.2) is 78.9 Å². The molecular formula is C30H23N3O4. The first kappa shape index (κ1) is 21.7. The number of carbonyl (C=O) groups excluding carboxylic acids is 4. The van der Waals surface area contributed by atoms with Crippen LogP contribution in [0.5, 0.6) is 0 Å². The van der Waals surface area contributed by atoms with E-state index in [1.807, 2.05) is 42.5 Å². The third-order valence-corrected chi connectivity index (χ3v) is 8.10. The Hall–Kier alpha value is -4.52. The Morgan fingerprint density at radius 1 is 0.784 bits per heavy atom. The molecule has 2 N–H and O–H groups in total. The summed E-state index contributed by atoms with van der Waals surface area (Å²) in [5, 5.41) is 5.60. The standard InChI is InChI=1S/C30H23N3O4/c34-27-23-4-2-1-3-21(23)22-12-9-19(14-24(22)27)32-30(37)31-15-16-5-10-20(11-6-16)33-28(35)25-17-7-8-18(13-17)26(25)29(33)36/h1-12,14,17-18,25-26H,13,15H2,(H2,31,32,37). The minimum atomic E-state index is -0.396. The van der Waals surface area contributed by atoms with Crippen LogP contribution in [0, 0.1) is 23.7 Å². The fourth-order valence-corrected chi connectivity index (χ4v) is 6.38. The minimum Gasteiger partial charge on any atom is -0.334 e. The van der Waals surface area contributed by atoms with Crippen LogP contribution in [-0.4, -0.2) is 23.6 Å². The number of hydrogen-bond acceptors (Lipinski definition) is 4. The molecule has 7 rings (SSSR count). The fourth-order valence-electron chi connectivity index (χ4n) is 6.38. The number of nitrogens with one attached hydrogen (secondary N) is 2. The van der Waals surface area contributed by atoms with Gasteiger partial charge >= 0.3 is 6.03 Å². The molecule has 7 heteroatoms. The molecule has 1 heterocycles. The van der Waals surface area contributed by atoms with Crippen molar-refractivity contribution in [1.29, 1.82) is 0 Å². The largest absolute Gasteiger partial charge is 0.334 e. The number of fused-ring (bicyclic) bond motifs is 8. The van der Waals surface area contributed by atoms with E-state index in [-0.39, 0.29) is 47.8 Å². The van der Waals surface area contributed by atoms with Gasteiger partial charge in [-0.3, -0.25) is 19.3 Å². The molecule has 3 aliphatic carbocycles. The van der Waals surface area contributed by atoms with Gasteiger partial charge in [0.2, 0.25) is 11.8 Å². The number of rotatable bonds is 4. The molecule has 0 aromatic heterocycles. The highest BCUT2D eigenvalue weighted by molar-refractivity contribution is 6.23. The van der Waals surface area contributed by atoms with Crippen LogP contribution in [0.2, 0.25) is 0 Å². The summed E-state index contributed by atoms with van der Waals surface area (Å²) in [6, 6.07) is 19.5. The van der Waals surface area contributed by atoms with E-state index in [0.29, 0.717) is 22.5 Å². The van der Waals surface area contributed by atoms with Gasteiger partial charge in [0.05, 0.1) is 17.5 Å². The first-order chi connectivity index (χ1) is 18.0. The van der Waals surface area contributed by atoms with E-state index in [0.717, 1.165) is 23.1 Å². The van der Waals surface area contributed by atoms with Crippen molar-refractivity contribution >= 4 is 35.0 Å². The lowest BCUT2D eigenvalue weighted by atomic mass is 9.85. The Kier molecular flexibility index (Phi) is 4.70. The molecule has 2 fully saturated rings. The summed E-state index contributed by atoms with van der Waals surface area (Å²) < 4.78 is 0. The molecule has 7 nitrogen and oxygen atoms in total. The molecule has 0 radical (unpaired) electrons. The molecule has 4 amide bonds. The van der Waals surface area contributed by atoms with Gasteiger partial charge in [0.1, 0.15) is 0 Å². The van der Waals surface area contributed by atoms with Gasteiger partial charge in [-0.2, -0.15) is 0 Å². The zero-order chi connectivity index (χ0) is 25.3. The SMILES string of the molecule is O=C(NCc1ccc(N2C(=O)C3C4C=CC(C4)C3C2=O)cc1)Nc1ccc2c(c1)C(=O)c1ccccc1-2. The van der Waals surface area contributed by atoms with Gasteiger partial charge in [0.15, 0.2) is 5.78 Å². The Bertz CT molecular complexity index is 1510. The van der Waals surface area contributed by atoms with E-state index in [1.165, 1.54) is 4.90 Å². The number of urea groups is 1. The minimum absolute atomic E-state index is 0.0442. The molecular weight excluding hydrogens is 466 g/mol. The van der Waals surface area contributed by atoms with Crippen molar-refractivity contribution in [3.63, 3.8) is 0 Å². The average Bonchev–Trinajstić information content (AvgIpc) is 3.66. The van der Waals surface area contributed by atoms with Crippen molar-refractivity contribution in [2.24, 2.45) is 23.7 Å². The van der Waals surface area contributed by atoms with Crippen molar-refractivity contribution in [3.05, 3.63) is 95.6 Å². The first-order valence-corrected chi connectivity index (χ1v) is 12.5. The van der Waals surface area contributed by atoms with Crippen LogP contribution in [0.3, 0.4) is 0 Å². The second-order valence-electron chi connectivity index (χ2n) is 10.1. The van der Waals surface area contributed by atoms with Crippen LogP contribution in [0.25, 0.3) is 11.1 Å². The highest BCUT2D eigenvalue weighted by atomic mass is 16.2. The average molecular weight is 490 g/mol. The molecule has 4 atom stereocenters. The number of benzene rings is 3. The topological polar surface area (TPSA) is 95.6 Å². The predicted octanol–water partition coefficient (Wildman–Crippen LogP) is 4.53. The lowest BCUT2D eigenvalue weighted by Gasteiger charge is -2.17. The summed E-state index contributed by atoms with van der Waals surface area (Å²) in [7, 11) is 0. The lowest BCUT2D eigenvalue weighted by molar-refractivity contribution is -0.123. The van der Waals surface area contributed by atoms with E-state index >= 15 is 0 Å². The highest BCUT2D eigenvalue weighted by Gasteiger charge is 2.59. The zero-order valence-corrected chi connectivity index (χ0v) is 19.8. The van der Waals surface area contributed by atoms with Crippen LogP contribution in [0.1, 0.15) is 27.9 Å². The van der Waals surface area contributed by atoms with E-state index in [4.69, 9.17) is 0 Å². The molecule has 0 spiro atoms. The Morgan fingerprint density at radius 3 is 2.14 bits per heavy atom. The Balaban J connectivity index is 0.990. The number of carbonyl (C=O) groups is 4. The number of allylic oxidation sites excluding steroid dienone is 2. The van der Waals surface area contributed by atoms with Crippen molar-refractivity contribution in [3.8, 4) is 11.1 Å². The van der Waals surface area contributed by atoms with Crippen molar-refractivity contribution in [2.45, 2.75) is 13.0 Å². The molecule has 4 aliphatic rings. The van der Waals surface area contributed by atoms with Gasteiger partial charge < -0.3 is 10.6 Å². The maximum absolute atomic E-state index is 13.0. The number of nitrogens with zero attached hydrogens (tertiary/aromatic N) is 1. The molecule has 1 saturated heterocycles. The van der Waals surface area contributed by atoms with Crippen LogP contribution in [0.4, 0.5) is 16.2 Å². The molecule has 3 aromatic rings. The van der Waals surface area contributed by atoms with E-state index in [1.54, 1.807) is 24.3 Å². The summed E-state index contributed by atoms with van der Waals surface area (Å²) in [5.74, 6) is -0.346. The Labute approximate surface area is 213 Å². The van der Waals surface area contributed by atoms with Gasteiger partial charge in [0, 0.05) is 23.4 Å². The van der Waals surface area contributed by atoms with Crippen LogP contribution >= 0.6 is 0 Å². The Morgan fingerprint density at radius 2 is 1.43 bits per heavy atom. The van der Waals surface area contributed by atoms with Gasteiger partial charge in [-0.05, 0) is 59.2 Å². The molecule has 1 aliphatic heterocycles. The second kappa shape index (κ2) is 8.00. The summed E-state index contributed by atoms with van der Waals surface area (Å²) in [5.41, 5.74) is 4.97. The maximum Gasteiger partial charge on any atom is 0.319 e. The number of hydrogen-bond donors (Lipinski definition) is 2. The number of ketones is 1. The van der Waals surface area contributed by atoms with E-state index in [9.17, 15) is 19.2 Å². The van der Waals surface area contributed by atoms with Crippen LogP contribution < -0.4 is 15.5 Å². The van der Waals surface area contributed by atoms with Gasteiger partial charge in [-0.1, -0.05) is 54.6 Å². The van der Waals surface area contributed by atoms with Crippen LogP contribution in [-0.2, 0) is 16.1 Å². The molecule has 1 saturated carbocycles. The zero-order valence-electron chi connectivity index (χ0n) is 19.8. The summed E-state index contributed by atoms with van der Waals surface area (Å²) in [6.45, 7) is 0.267. The lowest BCUT2D eigenvalue weighted by Crippen LogP contribution is -2.32. The van der Waals surface area contributed by atoms with E-state index in [2.05, 4.69) is 22.8 Å². The normalized spacial score (nSPS) is 24.3. The van der Waals surface area contributed by atoms with Crippen molar-refractivity contribution < 1.29 is 19.2 Å². The predicted molar refractivity (Wildman–Crippen MR) is 138 cm³/mol. The van der Waals surface area contributed by atoms with E-state index < -0.39 is 6.03 Å². The van der Waals surface area contributed by atoms with Crippen molar-refractivity contribution in [2.75, 3.05) is 10.2 Å². The molecule has 182 valence electrons. The number of amides is 4. The van der Waals surface area contributed by atoms with Gasteiger partial charge in [-0.25, -0.2) is 4.79 Å². The smallest absolute Gasteiger partial charge is 0.319 e. The number of imide groups is 1. The summed E-state index contributed by atoms with van der Waals surface area (Å²) in [6.07, 6.45) is 5.07. The van der Waals surface area contributed by atoms with Crippen molar-refractivity contribution in [1.82, 2.24) is 5.32 Å². The van der Waals surface area contributed by atoms with Gasteiger partial charge in [-0.15, -0.1) is 0 Å². The molecule has 4 unspecified atom stereocenters. The highest BCUT2D eigenvalue weighted by Crippen LogP contribution is 2.53. The summed E-state index contributed by atoms with van der Waals surface area (Å²) in [4.78, 5) is 52.6. The maximum atomic E-state index is 13.0. The fraction of sp³-hybridized carbons (Fsp3) is 0.200. The third-order valence-electron chi connectivity index (χ3n) is 8.10. The molecule has 3 aromatic carbocycles. The first-order valence-electron chi connectivity index (χ1n) is 12.5. The van der Waals surface area contributed by atoms with Gasteiger partial charge in [0.25, 0.3) is 0 Å². The third kappa shape index (κ3) is 3.27. The quantitative estimate of drug-likeness (QED) is 0.325. The monoisotopic (exact) mass is 489 g/mol.